The summed E-state index contributed by atoms with van der Waals surface area (Å²) >= 11 is 5.80. The van der Waals surface area contributed by atoms with Crippen molar-refractivity contribution < 1.29 is 19.1 Å². The Hall–Kier alpha value is -1.75. The van der Waals surface area contributed by atoms with Gasteiger partial charge in [-0.05, 0) is 44.5 Å². The van der Waals surface area contributed by atoms with E-state index in [1.54, 1.807) is 38.2 Å². The van der Waals surface area contributed by atoms with E-state index in [1.807, 2.05) is 13.8 Å². The van der Waals surface area contributed by atoms with Crippen molar-refractivity contribution in [2.45, 2.75) is 52.2 Å². The Labute approximate surface area is 148 Å². The smallest absolute Gasteiger partial charge is 0.409 e. The summed E-state index contributed by atoms with van der Waals surface area (Å²) in [6.07, 6.45) is 1.67. The molecule has 0 aliphatic rings. The van der Waals surface area contributed by atoms with Crippen LogP contribution in [0.3, 0.4) is 0 Å². The van der Waals surface area contributed by atoms with Crippen molar-refractivity contribution >= 4 is 23.7 Å². The first kappa shape index (κ1) is 20.3. The minimum Gasteiger partial charge on any atom is -0.459 e. The fourth-order valence-corrected chi connectivity index (χ4v) is 2.23. The van der Waals surface area contributed by atoms with Crippen LogP contribution >= 0.6 is 11.6 Å². The van der Waals surface area contributed by atoms with Crippen molar-refractivity contribution in [3.63, 3.8) is 0 Å². The third-order valence-corrected chi connectivity index (χ3v) is 3.99. The molecule has 0 saturated heterocycles. The second-order valence-electron chi connectivity index (χ2n) is 5.89. The third kappa shape index (κ3) is 6.79. The first-order valence-corrected chi connectivity index (χ1v) is 8.59. The first-order valence-electron chi connectivity index (χ1n) is 8.21. The van der Waals surface area contributed by atoms with E-state index in [0.717, 1.165) is 12.8 Å². The maximum Gasteiger partial charge on any atom is 0.409 e. The SMILES string of the molecule is CCCCOC(=O)N(C)C(C)CC(C)OC(=O)c1ccc(Cl)cc1. The quantitative estimate of drug-likeness (QED) is 0.507. The summed E-state index contributed by atoms with van der Waals surface area (Å²) in [6.45, 7) is 6.17. The summed E-state index contributed by atoms with van der Waals surface area (Å²) in [4.78, 5) is 25.5. The standard InChI is InChI=1S/C18H26ClNO4/c1-5-6-11-23-18(22)20(4)13(2)12-14(3)24-17(21)15-7-9-16(19)10-8-15/h7-10,13-14H,5-6,11-12H2,1-4H3. The van der Waals surface area contributed by atoms with Gasteiger partial charge in [0, 0.05) is 24.5 Å². The maximum atomic E-state index is 12.1. The zero-order chi connectivity index (χ0) is 18.1. The van der Waals surface area contributed by atoms with Gasteiger partial charge in [0.2, 0.25) is 0 Å². The monoisotopic (exact) mass is 355 g/mol. The Morgan fingerprint density at radius 1 is 1.21 bits per heavy atom. The predicted molar refractivity (Wildman–Crippen MR) is 94.4 cm³/mol. The van der Waals surface area contributed by atoms with Crippen LogP contribution < -0.4 is 0 Å². The number of halogens is 1. The molecule has 2 atom stereocenters. The van der Waals surface area contributed by atoms with E-state index in [9.17, 15) is 9.59 Å². The molecule has 6 heteroatoms. The second-order valence-corrected chi connectivity index (χ2v) is 6.32. The molecule has 2 unspecified atom stereocenters. The highest BCUT2D eigenvalue weighted by molar-refractivity contribution is 6.30. The summed E-state index contributed by atoms with van der Waals surface area (Å²) < 4.78 is 10.6. The summed E-state index contributed by atoms with van der Waals surface area (Å²) in [7, 11) is 1.69. The summed E-state index contributed by atoms with van der Waals surface area (Å²) in [5.74, 6) is -0.403. The highest BCUT2D eigenvalue weighted by Crippen LogP contribution is 2.14. The van der Waals surface area contributed by atoms with Crippen LogP contribution in [0.5, 0.6) is 0 Å². The minimum atomic E-state index is -0.403. The average Bonchev–Trinajstić information content (AvgIpc) is 2.54. The molecular formula is C18H26ClNO4. The van der Waals surface area contributed by atoms with Gasteiger partial charge in [0.15, 0.2) is 0 Å². The van der Waals surface area contributed by atoms with Crippen molar-refractivity contribution in [2.24, 2.45) is 0 Å². The molecule has 0 heterocycles. The molecule has 0 spiro atoms. The molecule has 0 aliphatic carbocycles. The van der Waals surface area contributed by atoms with Crippen molar-refractivity contribution in [3.8, 4) is 0 Å². The maximum absolute atomic E-state index is 12.1. The highest BCUT2D eigenvalue weighted by atomic mass is 35.5. The van der Waals surface area contributed by atoms with Gasteiger partial charge < -0.3 is 14.4 Å². The van der Waals surface area contributed by atoms with Crippen molar-refractivity contribution in [3.05, 3.63) is 34.9 Å². The molecular weight excluding hydrogens is 330 g/mol. The molecule has 0 N–H and O–H groups in total. The van der Waals surface area contributed by atoms with Crippen LogP contribution in [0.1, 0.15) is 50.4 Å². The topological polar surface area (TPSA) is 55.8 Å². The number of carbonyl (C=O) groups excluding carboxylic acids is 2. The number of rotatable bonds is 8. The van der Waals surface area contributed by atoms with Gasteiger partial charge in [0.05, 0.1) is 12.2 Å². The van der Waals surface area contributed by atoms with E-state index in [1.165, 1.54) is 4.90 Å². The Morgan fingerprint density at radius 3 is 2.42 bits per heavy atom. The van der Waals surface area contributed by atoms with E-state index in [0.29, 0.717) is 23.6 Å². The minimum absolute atomic E-state index is 0.104. The van der Waals surface area contributed by atoms with Crippen LogP contribution in [0.2, 0.25) is 5.02 Å². The normalized spacial score (nSPS) is 13.0. The molecule has 0 fully saturated rings. The van der Waals surface area contributed by atoms with Gasteiger partial charge in [0.25, 0.3) is 0 Å². The van der Waals surface area contributed by atoms with E-state index < -0.39 is 5.97 Å². The summed E-state index contributed by atoms with van der Waals surface area (Å²) in [5, 5.41) is 0.566. The third-order valence-electron chi connectivity index (χ3n) is 3.73. The van der Waals surface area contributed by atoms with Gasteiger partial charge in [-0.3, -0.25) is 0 Å². The summed E-state index contributed by atoms with van der Waals surface area (Å²) in [5.41, 5.74) is 0.450. The van der Waals surface area contributed by atoms with Crippen molar-refractivity contribution in [2.75, 3.05) is 13.7 Å². The number of hydrogen-bond donors (Lipinski definition) is 0. The lowest BCUT2D eigenvalue weighted by Gasteiger charge is -2.26. The van der Waals surface area contributed by atoms with Gasteiger partial charge in [-0.25, -0.2) is 9.59 Å². The van der Waals surface area contributed by atoms with Crippen LogP contribution in [-0.2, 0) is 9.47 Å². The predicted octanol–water partition coefficient (Wildman–Crippen LogP) is 4.53. The highest BCUT2D eigenvalue weighted by Gasteiger charge is 2.21. The van der Waals surface area contributed by atoms with E-state index >= 15 is 0 Å². The molecule has 0 aromatic heterocycles. The van der Waals surface area contributed by atoms with Gasteiger partial charge in [0.1, 0.15) is 6.10 Å². The van der Waals surface area contributed by atoms with Gasteiger partial charge in [-0.15, -0.1) is 0 Å². The largest absolute Gasteiger partial charge is 0.459 e. The number of benzene rings is 1. The van der Waals surface area contributed by atoms with Gasteiger partial charge in [-0.1, -0.05) is 24.9 Å². The fourth-order valence-electron chi connectivity index (χ4n) is 2.11. The van der Waals surface area contributed by atoms with Crippen LogP contribution in [0.15, 0.2) is 24.3 Å². The van der Waals surface area contributed by atoms with Gasteiger partial charge in [-0.2, -0.15) is 0 Å². The number of unbranched alkanes of at least 4 members (excludes halogenated alkanes) is 1. The zero-order valence-electron chi connectivity index (χ0n) is 14.8. The molecule has 24 heavy (non-hydrogen) atoms. The van der Waals surface area contributed by atoms with E-state index in [2.05, 4.69) is 0 Å². The number of esters is 1. The lowest BCUT2D eigenvalue weighted by Crippen LogP contribution is -2.38. The molecule has 0 bridgehead atoms. The molecule has 0 saturated carbocycles. The van der Waals surface area contributed by atoms with E-state index in [4.69, 9.17) is 21.1 Å². The van der Waals surface area contributed by atoms with Crippen LogP contribution in [0.25, 0.3) is 0 Å². The van der Waals surface area contributed by atoms with Crippen LogP contribution in [0, 0.1) is 0 Å². The fraction of sp³-hybridized carbons (Fsp3) is 0.556. The first-order chi connectivity index (χ1) is 11.3. The van der Waals surface area contributed by atoms with Crippen molar-refractivity contribution in [1.29, 1.82) is 0 Å². The lowest BCUT2D eigenvalue weighted by molar-refractivity contribution is 0.0263. The van der Waals surface area contributed by atoms with Gasteiger partial charge >= 0.3 is 12.1 Å². The van der Waals surface area contributed by atoms with Crippen molar-refractivity contribution in [1.82, 2.24) is 4.90 Å². The molecule has 5 nitrogen and oxygen atoms in total. The van der Waals surface area contributed by atoms with E-state index in [-0.39, 0.29) is 18.2 Å². The molecule has 0 aliphatic heterocycles. The van der Waals surface area contributed by atoms with Crippen LogP contribution in [-0.4, -0.2) is 42.8 Å². The molecule has 1 aromatic carbocycles. The molecule has 1 aromatic rings. The number of ether oxygens (including phenoxy) is 2. The average molecular weight is 356 g/mol. The molecule has 1 amide bonds. The Morgan fingerprint density at radius 2 is 1.83 bits per heavy atom. The number of nitrogens with zero attached hydrogens (tertiary/aromatic N) is 1. The zero-order valence-corrected chi connectivity index (χ0v) is 15.5. The molecule has 134 valence electrons. The number of carbonyl (C=O) groups is 2. The van der Waals surface area contributed by atoms with Crippen LogP contribution in [0.4, 0.5) is 4.79 Å². The number of hydrogen-bond acceptors (Lipinski definition) is 4. The Bertz CT molecular complexity index is 532. The summed E-state index contributed by atoms with van der Waals surface area (Å²) in [6, 6.07) is 6.43. The Kier molecular flexibility index (Phi) is 8.61. The molecule has 0 radical (unpaired) electrons. The number of amides is 1. The Balaban J connectivity index is 2.45. The lowest BCUT2D eigenvalue weighted by atomic mass is 10.1. The second kappa shape index (κ2) is 10.2. The molecule has 1 rings (SSSR count).